The average Bonchev–Trinajstić information content (AvgIpc) is 3.41. The van der Waals surface area contributed by atoms with Crippen molar-refractivity contribution in [1.29, 1.82) is 0 Å². The molecule has 3 heterocycles. The molecule has 172 valence electrons. The number of anilines is 1. The first kappa shape index (κ1) is 22.6. The fourth-order valence-corrected chi connectivity index (χ4v) is 4.96. The zero-order valence-electron chi connectivity index (χ0n) is 19.0. The number of ketones is 1. The summed E-state index contributed by atoms with van der Waals surface area (Å²) in [6.07, 6.45) is 0. The number of amides is 1. The van der Waals surface area contributed by atoms with E-state index >= 15 is 0 Å². The quantitative estimate of drug-likeness (QED) is 0.423. The third-order valence-corrected chi connectivity index (χ3v) is 6.68. The van der Waals surface area contributed by atoms with Crippen LogP contribution in [0.15, 0.2) is 24.3 Å². The van der Waals surface area contributed by atoms with Crippen LogP contribution in [-0.4, -0.2) is 35.6 Å². The molecule has 0 bridgehead atoms. The van der Waals surface area contributed by atoms with Gasteiger partial charge in [0.1, 0.15) is 5.00 Å². The number of nitrogens with one attached hydrogen (secondary N) is 1. The van der Waals surface area contributed by atoms with Crippen molar-refractivity contribution in [3.8, 4) is 17.2 Å². The van der Waals surface area contributed by atoms with Gasteiger partial charge in [0.2, 0.25) is 18.5 Å². The van der Waals surface area contributed by atoms with Crippen LogP contribution in [0.4, 0.5) is 5.00 Å². The molecule has 0 aliphatic carbocycles. The van der Waals surface area contributed by atoms with Crippen molar-refractivity contribution in [3.63, 3.8) is 0 Å². The number of aryl methyl sites for hydroxylation is 2. The lowest BCUT2D eigenvalue weighted by Crippen LogP contribution is -2.17. The summed E-state index contributed by atoms with van der Waals surface area (Å²) in [5.74, 6) is 0.102. The van der Waals surface area contributed by atoms with Gasteiger partial charge in [-0.3, -0.25) is 9.59 Å². The minimum Gasteiger partial charge on any atom is -0.454 e. The summed E-state index contributed by atoms with van der Waals surface area (Å²) in [5, 5.41) is 3.09. The van der Waals surface area contributed by atoms with Gasteiger partial charge < -0.3 is 24.1 Å². The van der Waals surface area contributed by atoms with Crippen molar-refractivity contribution in [2.75, 3.05) is 18.7 Å². The fourth-order valence-electron chi connectivity index (χ4n) is 3.87. The lowest BCUT2D eigenvalue weighted by Gasteiger charge is -2.11. The maximum Gasteiger partial charge on any atom is 0.341 e. The van der Waals surface area contributed by atoms with Crippen LogP contribution in [-0.2, 0) is 9.53 Å². The summed E-state index contributed by atoms with van der Waals surface area (Å²) >= 11 is 1.30. The largest absolute Gasteiger partial charge is 0.454 e. The Hall–Kier alpha value is -3.59. The molecule has 1 aliphatic rings. The van der Waals surface area contributed by atoms with E-state index in [1.165, 1.54) is 18.3 Å². The van der Waals surface area contributed by atoms with Crippen molar-refractivity contribution in [2.24, 2.45) is 0 Å². The van der Waals surface area contributed by atoms with Gasteiger partial charge >= 0.3 is 5.97 Å². The van der Waals surface area contributed by atoms with Crippen LogP contribution < -0.4 is 14.8 Å². The maximum atomic E-state index is 12.9. The minimum atomic E-state index is -0.640. The first-order valence-electron chi connectivity index (χ1n) is 10.3. The van der Waals surface area contributed by atoms with Gasteiger partial charge in [-0.15, -0.1) is 11.3 Å². The molecule has 9 heteroatoms. The molecule has 0 unspecified atom stereocenters. The zero-order valence-corrected chi connectivity index (χ0v) is 19.8. The summed E-state index contributed by atoms with van der Waals surface area (Å²) in [4.78, 5) is 38.1. The Labute approximate surface area is 195 Å². The van der Waals surface area contributed by atoms with Crippen molar-refractivity contribution in [3.05, 3.63) is 57.2 Å². The second-order valence-electron chi connectivity index (χ2n) is 7.83. The van der Waals surface area contributed by atoms with Gasteiger partial charge in [0.15, 0.2) is 18.1 Å². The third-order valence-electron chi connectivity index (χ3n) is 5.56. The van der Waals surface area contributed by atoms with E-state index in [0.29, 0.717) is 22.1 Å². The molecule has 0 saturated carbocycles. The number of rotatable bonds is 6. The van der Waals surface area contributed by atoms with E-state index in [1.807, 2.05) is 43.5 Å². The van der Waals surface area contributed by atoms with Gasteiger partial charge in [0.25, 0.3) is 0 Å². The number of Topliss-reactive ketones (excluding diaryl/α,β-unsaturated/α-hetero) is 1. The Balaban J connectivity index is 1.53. The SMILES string of the molecule is CC(=O)Nc1sc(C)c(C)c1C(=O)OCC(=O)c1cc(C)n(-c2ccc3c(c2)OCO3)c1C. The van der Waals surface area contributed by atoms with Gasteiger partial charge in [0.05, 0.1) is 5.56 Å². The highest BCUT2D eigenvalue weighted by atomic mass is 32.1. The van der Waals surface area contributed by atoms with Gasteiger partial charge in [-0.25, -0.2) is 4.79 Å². The Kier molecular flexibility index (Phi) is 5.99. The van der Waals surface area contributed by atoms with E-state index in [9.17, 15) is 14.4 Å². The number of carbonyl (C=O) groups excluding carboxylic acids is 3. The number of aromatic nitrogens is 1. The number of esters is 1. The van der Waals surface area contributed by atoms with Gasteiger partial charge in [0, 0.05) is 40.5 Å². The normalized spacial score (nSPS) is 12.0. The molecule has 0 saturated heterocycles. The molecule has 1 N–H and O–H groups in total. The lowest BCUT2D eigenvalue weighted by molar-refractivity contribution is -0.114. The first-order valence-corrected chi connectivity index (χ1v) is 11.2. The van der Waals surface area contributed by atoms with Gasteiger partial charge in [-0.2, -0.15) is 0 Å². The van der Waals surface area contributed by atoms with Crippen LogP contribution in [0.25, 0.3) is 5.69 Å². The Morgan fingerprint density at radius 2 is 1.82 bits per heavy atom. The van der Waals surface area contributed by atoms with Crippen LogP contribution in [0.5, 0.6) is 11.5 Å². The van der Waals surface area contributed by atoms with E-state index in [1.54, 1.807) is 13.0 Å². The van der Waals surface area contributed by atoms with Crippen LogP contribution in [0.1, 0.15) is 49.5 Å². The number of hydrogen-bond donors (Lipinski definition) is 1. The van der Waals surface area contributed by atoms with Crippen molar-refractivity contribution >= 4 is 34.0 Å². The van der Waals surface area contributed by atoms with Crippen molar-refractivity contribution < 1.29 is 28.6 Å². The second-order valence-corrected chi connectivity index (χ2v) is 9.05. The molecular weight excluding hydrogens is 444 g/mol. The summed E-state index contributed by atoms with van der Waals surface area (Å²) in [5.41, 5.74) is 3.91. The lowest BCUT2D eigenvalue weighted by atomic mass is 10.1. The van der Waals surface area contributed by atoms with Gasteiger partial charge in [-0.05, 0) is 51.5 Å². The number of hydrogen-bond acceptors (Lipinski definition) is 7. The molecule has 0 spiro atoms. The Bertz CT molecular complexity index is 1290. The predicted octanol–water partition coefficient (Wildman–Crippen LogP) is 4.50. The predicted molar refractivity (Wildman–Crippen MR) is 124 cm³/mol. The molecule has 1 amide bonds. The number of ether oxygens (including phenoxy) is 3. The van der Waals surface area contributed by atoms with Crippen LogP contribution in [0.3, 0.4) is 0 Å². The van der Waals surface area contributed by atoms with E-state index in [0.717, 1.165) is 27.5 Å². The highest BCUT2D eigenvalue weighted by molar-refractivity contribution is 7.16. The van der Waals surface area contributed by atoms with E-state index in [-0.39, 0.29) is 24.0 Å². The van der Waals surface area contributed by atoms with E-state index in [4.69, 9.17) is 14.2 Å². The van der Waals surface area contributed by atoms with Crippen LogP contribution in [0.2, 0.25) is 0 Å². The van der Waals surface area contributed by atoms with E-state index in [2.05, 4.69) is 5.32 Å². The fraction of sp³-hybridized carbons (Fsp3) is 0.292. The summed E-state index contributed by atoms with van der Waals surface area (Å²) < 4.78 is 18.1. The zero-order chi connectivity index (χ0) is 23.9. The molecule has 8 nitrogen and oxygen atoms in total. The smallest absolute Gasteiger partial charge is 0.341 e. The molecule has 0 atom stereocenters. The van der Waals surface area contributed by atoms with Crippen molar-refractivity contribution in [1.82, 2.24) is 4.57 Å². The van der Waals surface area contributed by atoms with Crippen LogP contribution in [0, 0.1) is 27.7 Å². The van der Waals surface area contributed by atoms with E-state index < -0.39 is 12.6 Å². The first-order chi connectivity index (χ1) is 15.7. The molecule has 4 rings (SSSR count). The molecule has 33 heavy (non-hydrogen) atoms. The minimum absolute atomic E-state index is 0.185. The molecule has 0 fully saturated rings. The number of fused-ring (bicyclic) bond motifs is 1. The topological polar surface area (TPSA) is 95.9 Å². The molecule has 2 aromatic heterocycles. The monoisotopic (exact) mass is 468 g/mol. The second kappa shape index (κ2) is 8.74. The number of benzene rings is 1. The molecule has 3 aromatic rings. The number of thiophene rings is 1. The molecule has 0 radical (unpaired) electrons. The average molecular weight is 469 g/mol. The summed E-state index contributed by atoms with van der Waals surface area (Å²) in [6, 6.07) is 7.37. The Morgan fingerprint density at radius 1 is 1.09 bits per heavy atom. The Morgan fingerprint density at radius 3 is 2.55 bits per heavy atom. The van der Waals surface area contributed by atoms with Crippen molar-refractivity contribution in [2.45, 2.75) is 34.6 Å². The third kappa shape index (κ3) is 4.23. The van der Waals surface area contributed by atoms with Crippen LogP contribution >= 0.6 is 11.3 Å². The van der Waals surface area contributed by atoms with Gasteiger partial charge in [-0.1, -0.05) is 0 Å². The molecule has 1 aliphatic heterocycles. The maximum absolute atomic E-state index is 12.9. The summed E-state index contributed by atoms with van der Waals surface area (Å²) in [7, 11) is 0. The molecular formula is C24H24N2O6S. The number of nitrogens with zero attached hydrogens (tertiary/aromatic N) is 1. The standard InChI is InChI=1S/C24H24N2O6S/c1-12-8-18(14(3)26(12)17-6-7-20-21(9-17)32-11-31-20)19(28)10-30-24(29)22-13(2)15(4)33-23(22)25-16(5)27/h6-9H,10-11H2,1-5H3,(H,25,27). The molecule has 1 aromatic carbocycles. The highest BCUT2D eigenvalue weighted by Gasteiger charge is 2.24. The summed E-state index contributed by atoms with van der Waals surface area (Å²) in [6.45, 7) is 8.54. The highest BCUT2D eigenvalue weighted by Crippen LogP contribution is 2.35. The number of carbonyl (C=O) groups is 3.